The molecule has 0 aromatic heterocycles. The first-order valence-corrected chi connectivity index (χ1v) is 16.3. The second-order valence-electron chi connectivity index (χ2n) is 13.6. The number of alkyl halides is 3. The smallest absolute Gasteiger partial charge is 0.393 e. The lowest BCUT2D eigenvalue weighted by Crippen LogP contribution is -2.51. The fourth-order valence-electron chi connectivity index (χ4n) is 9.99. The standard InChI is InChI=1S/C28H47F3N2O5S/c1-5-18-23-14-17(34)8-11-27(23,4)22-9-12-26(3)20(6-7-21(26)19(22)15-24(18)35)16(2)10-13-32-25(36)33-39(37,38)28(29,30)31/h16-24,34-35H,5-15H2,1-4H3,(H2,32,33,36)/t16-,17-,18-,19-,20-,21+,22+,23+,24?,26-,27-/m1/s1. The van der Waals surface area contributed by atoms with E-state index in [0.717, 1.165) is 62.5 Å². The predicted molar refractivity (Wildman–Crippen MR) is 142 cm³/mol. The SMILES string of the molecule is CC[C@H]1C(O)C[C@H]2[C@H](CC[C@]3(C)[C@@H]([C@H](C)CCNC(=O)NS(=O)(=O)C(F)(F)F)CC[C@@H]23)[C@@]2(C)CC[C@@H](O)C[C@@H]12. The molecule has 0 aromatic carbocycles. The summed E-state index contributed by atoms with van der Waals surface area (Å²) in [5, 5.41) is 24.3. The van der Waals surface area contributed by atoms with E-state index in [-0.39, 0.29) is 41.4 Å². The molecule has 4 aliphatic carbocycles. The van der Waals surface area contributed by atoms with Crippen molar-refractivity contribution in [1.82, 2.24) is 10.0 Å². The van der Waals surface area contributed by atoms with Crippen molar-refractivity contribution in [3.63, 3.8) is 0 Å². The summed E-state index contributed by atoms with van der Waals surface area (Å²) in [6.45, 7) is 9.16. The molecule has 11 atom stereocenters. The largest absolute Gasteiger partial charge is 0.516 e. The fraction of sp³-hybridized carbons (Fsp3) is 0.964. The molecule has 0 heterocycles. The minimum Gasteiger partial charge on any atom is -0.393 e. The number of hydrogen-bond donors (Lipinski definition) is 4. The van der Waals surface area contributed by atoms with E-state index in [9.17, 15) is 36.6 Å². The number of aliphatic hydroxyl groups is 2. The summed E-state index contributed by atoms with van der Waals surface area (Å²) in [6, 6.07) is -1.37. The Bertz CT molecular complexity index is 1010. The average molecular weight is 581 g/mol. The number of carbonyl (C=O) groups excluding carboxylic acids is 1. The van der Waals surface area contributed by atoms with Crippen LogP contribution in [-0.4, -0.2) is 48.9 Å². The summed E-state index contributed by atoms with van der Waals surface area (Å²) >= 11 is 0. The van der Waals surface area contributed by atoms with Crippen LogP contribution in [0, 0.1) is 52.3 Å². The zero-order valence-electron chi connectivity index (χ0n) is 23.6. The molecule has 11 heteroatoms. The summed E-state index contributed by atoms with van der Waals surface area (Å²) < 4.78 is 61.0. The van der Waals surface area contributed by atoms with Gasteiger partial charge in [0.2, 0.25) is 0 Å². The fourth-order valence-corrected chi connectivity index (χ4v) is 10.4. The van der Waals surface area contributed by atoms with Gasteiger partial charge in [0.25, 0.3) is 0 Å². The van der Waals surface area contributed by atoms with E-state index < -0.39 is 21.6 Å². The molecule has 2 amide bonds. The van der Waals surface area contributed by atoms with Crippen molar-refractivity contribution in [3.05, 3.63) is 0 Å². The van der Waals surface area contributed by atoms with E-state index in [0.29, 0.717) is 36.0 Å². The van der Waals surface area contributed by atoms with Gasteiger partial charge in [0.1, 0.15) is 0 Å². The molecule has 0 aliphatic heterocycles. The molecule has 1 unspecified atom stereocenters. The number of hydrogen-bond acceptors (Lipinski definition) is 5. The monoisotopic (exact) mass is 580 g/mol. The summed E-state index contributed by atoms with van der Waals surface area (Å²) in [5.41, 5.74) is -5.35. The summed E-state index contributed by atoms with van der Waals surface area (Å²) in [7, 11) is -5.73. The van der Waals surface area contributed by atoms with Crippen molar-refractivity contribution in [1.29, 1.82) is 0 Å². The molecule has 4 aliphatic rings. The number of halogens is 3. The third-order valence-electron chi connectivity index (χ3n) is 11.8. The highest BCUT2D eigenvalue weighted by atomic mass is 32.2. The number of carbonyl (C=O) groups is 1. The molecule has 39 heavy (non-hydrogen) atoms. The number of sulfonamides is 1. The molecular formula is C28H47F3N2O5S. The van der Waals surface area contributed by atoms with Gasteiger partial charge in [-0.05, 0) is 110 Å². The van der Waals surface area contributed by atoms with E-state index in [1.54, 1.807) is 0 Å². The van der Waals surface area contributed by atoms with Gasteiger partial charge in [-0.2, -0.15) is 21.6 Å². The van der Waals surface area contributed by atoms with Crippen molar-refractivity contribution >= 4 is 16.1 Å². The van der Waals surface area contributed by atoms with Crippen LogP contribution in [-0.2, 0) is 10.0 Å². The Labute approximate surface area is 231 Å². The minimum atomic E-state index is -5.73. The number of urea groups is 1. The molecule has 0 bridgehead atoms. The van der Waals surface area contributed by atoms with Crippen LogP contribution in [0.5, 0.6) is 0 Å². The van der Waals surface area contributed by atoms with Gasteiger partial charge in [-0.1, -0.05) is 34.1 Å². The van der Waals surface area contributed by atoms with Gasteiger partial charge in [-0.3, -0.25) is 0 Å². The summed E-state index contributed by atoms with van der Waals surface area (Å²) in [6.07, 6.45) is 8.53. The first-order valence-electron chi connectivity index (χ1n) is 14.8. The predicted octanol–water partition coefficient (Wildman–Crippen LogP) is 5.18. The van der Waals surface area contributed by atoms with Crippen LogP contribution >= 0.6 is 0 Å². The summed E-state index contributed by atoms with van der Waals surface area (Å²) in [5.74, 6) is 2.54. The second kappa shape index (κ2) is 11.0. The molecule has 226 valence electrons. The van der Waals surface area contributed by atoms with Crippen LogP contribution in [0.4, 0.5) is 18.0 Å². The van der Waals surface area contributed by atoms with Crippen LogP contribution < -0.4 is 10.0 Å². The molecule has 0 saturated heterocycles. The molecule has 7 nitrogen and oxygen atoms in total. The molecule has 4 saturated carbocycles. The normalized spacial score (nSPS) is 43.4. The third kappa shape index (κ3) is 5.57. The lowest BCUT2D eigenvalue weighted by Gasteiger charge is -2.57. The maximum atomic E-state index is 12.5. The van der Waals surface area contributed by atoms with Crippen LogP contribution in [0.1, 0.15) is 91.9 Å². The van der Waals surface area contributed by atoms with Crippen LogP contribution in [0.2, 0.25) is 0 Å². The van der Waals surface area contributed by atoms with Crippen molar-refractivity contribution in [2.45, 2.75) is 110 Å². The molecule has 4 N–H and O–H groups in total. The minimum absolute atomic E-state index is 0.0777. The van der Waals surface area contributed by atoms with Crippen LogP contribution in [0.25, 0.3) is 0 Å². The maximum absolute atomic E-state index is 12.5. The highest BCUT2D eigenvalue weighted by molar-refractivity contribution is 7.90. The number of rotatable bonds is 6. The average Bonchev–Trinajstić information content (AvgIpc) is 3.14. The number of fused-ring (bicyclic) bond motifs is 5. The van der Waals surface area contributed by atoms with E-state index in [1.165, 1.54) is 0 Å². The van der Waals surface area contributed by atoms with Gasteiger partial charge in [0.15, 0.2) is 0 Å². The highest BCUT2D eigenvalue weighted by Crippen LogP contribution is 2.68. The Hall–Kier alpha value is -1.07. The molecule has 0 radical (unpaired) electrons. The molecular weight excluding hydrogens is 533 g/mol. The molecule has 0 aromatic rings. The molecule has 4 fully saturated rings. The van der Waals surface area contributed by atoms with Crippen LogP contribution in [0.3, 0.4) is 0 Å². The van der Waals surface area contributed by atoms with Gasteiger partial charge in [0, 0.05) is 6.54 Å². The topological polar surface area (TPSA) is 116 Å². The molecule has 0 spiro atoms. The van der Waals surface area contributed by atoms with Gasteiger partial charge >= 0.3 is 21.6 Å². The number of aliphatic hydroxyl groups excluding tert-OH is 2. The Kier molecular flexibility index (Phi) is 8.68. The van der Waals surface area contributed by atoms with E-state index >= 15 is 0 Å². The maximum Gasteiger partial charge on any atom is 0.516 e. The lowest BCUT2D eigenvalue weighted by molar-refractivity contribution is -0.0964. The Balaban J connectivity index is 1.44. The Morgan fingerprint density at radius 3 is 2.28 bits per heavy atom. The van der Waals surface area contributed by atoms with E-state index in [2.05, 4.69) is 33.0 Å². The highest BCUT2D eigenvalue weighted by Gasteiger charge is 2.61. The van der Waals surface area contributed by atoms with Crippen molar-refractivity contribution in [3.8, 4) is 0 Å². The summed E-state index contributed by atoms with van der Waals surface area (Å²) in [4.78, 5) is 11.8. The second-order valence-corrected chi connectivity index (χ2v) is 15.3. The van der Waals surface area contributed by atoms with E-state index in [1.807, 2.05) is 0 Å². The zero-order chi connectivity index (χ0) is 29.0. The quantitative estimate of drug-likeness (QED) is 0.346. The number of amides is 2. The van der Waals surface area contributed by atoms with Gasteiger partial charge in [-0.25, -0.2) is 9.52 Å². The Morgan fingerprint density at radius 2 is 1.64 bits per heavy atom. The first kappa shape index (κ1) is 30.9. The van der Waals surface area contributed by atoms with Crippen molar-refractivity contribution < 1.29 is 36.6 Å². The first-order chi connectivity index (χ1) is 18.0. The lowest BCUT2D eigenvalue weighted by atomic mass is 9.48. The van der Waals surface area contributed by atoms with Crippen molar-refractivity contribution in [2.24, 2.45) is 52.3 Å². The van der Waals surface area contributed by atoms with Crippen LogP contribution in [0.15, 0.2) is 0 Å². The Morgan fingerprint density at radius 1 is 1.00 bits per heavy atom. The third-order valence-corrected chi connectivity index (χ3v) is 12.9. The van der Waals surface area contributed by atoms with Gasteiger partial charge < -0.3 is 15.5 Å². The van der Waals surface area contributed by atoms with E-state index in [4.69, 9.17) is 0 Å². The number of nitrogens with one attached hydrogen (secondary N) is 2. The molecule has 4 rings (SSSR count). The van der Waals surface area contributed by atoms with Gasteiger partial charge in [0.05, 0.1) is 12.2 Å². The van der Waals surface area contributed by atoms with Gasteiger partial charge in [-0.15, -0.1) is 0 Å². The zero-order valence-corrected chi connectivity index (χ0v) is 24.5. The van der Waals surface area contributed by atoms with Crippen molar-refractivity contribution in [2.75, 3.05) is 6.54 Å².